The standard InChI is InChI=1S/C14H11F2NS2/c15-9-2-1-8(5-10(9)16)6-11(17)13-7-14-12(19-13)3-4-18-14/h1-5,7,11H,6,17H2. The second kappa shape index (κ2) is 5.00. The van der Waals surface area contributed by atoms with Crippen molar-refractivity contribution in [3.8, 4) is 0 Å². The fraction of sp³-hybridized carbons (Fsp3) is 0.143. The molecule has 19 heavy (non-hydrogen) atoms. The Morgan fingerprint density at radius 2 is 1.89 bits per heavy atom. The van der Waals surface area contributed by atoms with E-state index in [4.69, 9.17) is 5.73 Å². The third-order valence-electron chi connectivity index (χ3n) is 2.96. The molecule has 0 aliphatic carbocycles. The molecule has 0 spiro atoms. The molecule has 0 saturated carbocycles. The highest BCUT2D eigenvalue weighted by molar-refractivity contribution is 7.26. The van der Waals surface area contributed by atoms with Gasteiger partial charge >= 0.3 is 0 Å². The molecule has 2 aromatic heterocycles. The van der Waals surface area contributed by atoms with Crippen molar-refractivity contribution in [1.82, 2.24) is 0 Å². The Hall–Kier alpha value is -1.30. The maximum atomic E-state index is 13.1. The molecule has 1 atom stereocenters. The number of benzene rings is 1. The smallest absolute Gasteiger partial charge is 0.159 e. The van der Waals surface area contributed by atoms with E-state index in [-0.39, 0.29) is 6.04 Å². The molecule has 1 aromatic carbocycles. The quantitative estimate of drug-likeness (QED) is 0.757. The van der Waals surface area contributed by atoms with Gasteiger partial charge in [0, 0.05) is 20.3 Å². The van der Waals surface area contributed by atoms with Gasteiger partial charge in [0.25, 0.3) is 0 Å². The summed E-state index contributed by atoms with van der Waals surface area (Å²) in [6.07, 6.45) is 0.505. The molecule has 0 bridgehead atoms. The second-order valence-corrected chi connectivity index (χ2v) is 6.42. The molecule has 3 aromatic rings. The van der Waals surface area contributed by atoms with Crippen molar-refractivity contribution in [3.05, 3.63) is 57.8 Å². The first-order valence-electron chi connectivity index (χ1n) is 5.80. The number of hydrogen-bond donors (Lipinski definition) is 1. The van der Waals surface area contributed by atoms with Crippen molar-refractivity contribution < 1.29 is 8.78 Å². The predicted molar refractivity (Wildman–Crippen MR) is 76.7 cm³/mol. The van der Waals surface area contributed by atoms with Gasteiger partial charge in [-0.3, -0.25) is 0 Å². The fourth-order valence-electron chi connectivity index (χ4n) is 1.99. The van der Waals surface area contributed by atoms with Gasteiger partial charge in [0.15, 0.2) is 11.6 Å². The zero-order chi connectivity index (χ0) is 13.4. The Morgan fingerprint density at radius 3 is 2.63 bits per heavy atom. The zero-order valence-corrected chi connectivity index (χ0v) is 11.5. The van der Waals surface area contributed by atoms with Crippen LogP contribution < -0.4 is 5.73 Å². The number of halogens is 2. The molecular weight excluding hydrogens is 284 g/mol. The maximum Gasteiger partial charge on any atom is 0.159 e. The lowest BCUT2D eigenvalue weighted by atomic mass is 10.1. The summed E-state index contributed by atoms with van der Waals surface area (Å²) in [7, 11) is 0. The molecular formula is C14H11F2NS2. The van der Waals surface area contributed by atoms with Crippen LogP contribution in [0.25, 0.3) is 9.40 Å². The van der Waals surface area contributed by atoms with Gasteiger partial charge in [0.1, 0.15) is 0 Å². The Balaban J connectivity index is 1.82. The Bertz CT molecular complexity index is 689. The van der Waals surface area contributed by atoms with E-state index in [1.165, 1.54) is 15.5 Å². The summed E-state index contributed by atoms with van der Waals surface area (Å²) in [5.41, 5.74) is 6.85. The van der Waals surface area contributed by atoms with Crippen molar-refractivity contribution in [3.63, 3.8) is 0 Å². The fourth-order valence-corrected chi connectivity index (χ4v) is 4.11. The van der Waals surface area contributed by atoms with Gasteiger partial charge in [-0.25, -0.2) is 8.78 Å². The zero-order valence-electron chi connectivity index (χ0n) is 9.90. The van der Waals surface area contributed by atoms with E-state index in [9.17, 15) is 8.78 Å². The predicted octanol–water partition coefficient (Wildman–Crippen LogP) is 4.48. The summed E-state index contributed by atoms with van der Waals surface area (Å²) in [5.74, 6) is -1.65. The largest absolute Gasteiger partial charge is 0.323 e. The molecule has 3 rings (SSSR count). The number of hydrogen-bond acceptors (Lipinski definition) is 3. The van der Waals surface area contributed by atoms with Gasteiger partial charge in [-0.05, 0) is 41.6 Å². The Labute approximate surface area is 117 Å². The lowest BCUT2D eigenvalue weighted by molar-refractivity contribution is 0.506. The highest BCUT2D eigenvalue weighted by atomic mass is 32.1. The molecule has 1 nitrogen and oxygen atoms in total. The minimum absolute atomic E-state index is 0.186. The summed E-state index contributed by atoms with van der Waals surface area (Å²) < 4.78 is 28.4. The molecule has 0 saturated heterocycles. The molecule has 2 N–H and O–H groups in total. The van der Waals surface area contributed by atoms with Crippen LogP contribution >= 0.6 is 22.7 Å². The van der Waals surface area contributed by atoms with E-state index >= 15 is 0 Å². The lowest BCUT2D eigenvalue weighted by Gasteiger charge is -2.09. The van der Waals surface area contributed by atoms with E-state index in [2.05, 4.69) is 12.1 Å². The van der Waals surface area contributed by atoms with Crippen LogP contribution in [0, 0.1) is 11.6 Å². The highest BCUT2D eigenvalue weighted by Crippen LogP contribution is 2.33. The average Bonchev–Trinajstić information content (AvgIpc) is 2.94. The van der Waals surface area contributed by atoms with Gasteiger partial charge in [-0.1, -0.05) is 6.07 Å². The van der Waals surface area contributed by atoms with E-state index in [1.54, 1.807) is 28.7 Å². The van der Waals surface area contributed by atoms with Gasteiger partial charge in [-0.2, -0.15) is 0 Å². The molecule has 5 heteroatoms. The molecule has 2 heterocycles. The number of rotatable bonds is 3. The number of nitrogens with two attached hydrogens (primary N) is 1. The lowest BCUT2D eigenvalue weighted by Crippen LogP contribution is -2.12. The van der Waals surface area contributed by atoms with Crippen molar-refractivity contribution in [2.45, 2.75) is 12.5 Å². The van der Waals surface area contributed by atoms with Gasteiger partial charge in [0.05, 0.1) is 0 Å². The molecule has 0 fully saturated rings. The first-order chi connectivity index (χ1) is 9.13. The minimum Gasteiger partial charge on any atom is -0.323 e. The van der Waals surface area contributed by atoms with Crippen LogP contribution in [0.1, 0.15) is 16.5 Å². The van der Waals surface area contributed by atoms with Crippen molar-refractivity contribution in [2.75, 3.05) is 0 Å². The summed E-state index contributed by atoms with van der Waals surface area (Å²) >= 11 is 3.34. The molecule has 1 unspecified atom stereocenters. The first-order valence-corrected chi connectivity index (χ1v) is 7.49. The third kappa shape index (κ3) is 2.54. The molecule has 0 aliphatic heterocycles. The Kier molecular flexibility index (Phi) is 3.35. The number of thiophene rings is 2. The van der Waals surface area contributed by atoms with Crippen LogP contribution in [0.15, 0.2) is 35.7 Å². The topological polar surface area (TPSA) is 26.0 Å². The summed E-state index contributed by atoms with van der Waals surface area (Å²) in [5, 5.41) is 2.05. The normalized spacial score (nSPS) is 13.0. The van der Waals surface area contributed by atoms with Crippen LogP contribution in [-0.2, 0) is 6.42 Å². The summed E-state index contributed by atoms with van der Waals surface area (Å²) in [4.78, 5) is 1.08. The van der Waals surface area contributed by atoms with E-state index in [1.807, 2.05) is 5.38 Å². The van der Waals surface area contributed by atoms with Crippen LogP contribution in [-0.4, -0.2) is 0 Å². The SMILES string of the molecule is NC(Cc1ccc(F)c(F)c1)c1cc2sccc2s1. The first kappa shape index (κ1) is 12.7. The van der Waals surface area contributed by atoms with Crippen LogP contribution in [0.5, 0.6) is 0 Å². The molecule has 0 amide bonds. The number of fused-ring (bicyclic) bond motifs is 1. The molecule has 0 radical (unpaired) electrons. The third-order valence-corrected chi connectivity index (χ3v) is 5.19. The summed E-state index contributed by atoms with van der Waals surface area (Å²) in [6.45, 7) is 0. The van der Waals surface area contributed by atoms with Gasteiger partial charge in [-0.15, -0.1) is 22.7 Å². The molecule has 0 aliphatic rings. The van der Waals surface area contributed by atoms with E-state index in [0.29, 0.717) is 12.0 Å². The van der Waals surface area contributed by atoms with Crippen LogP contribution in [0.4, 0.5) is 8.78 Å². The van der Waals surface area contributed by atoms with Crippen molar-refractivity contribution in [1.29, 1.82) is 0 Å². The van der Waals surface area contributed by atoms with Crippen LogP contribution in [0.2, 0.25) is 0 Å². The van der Waals surface area contributed by atoms with Crippen molar-refractivity contribution in [2.24, 2.45) is 5.73 Å². The van der Waals surface area contributed by atoms with E-state index < -0.39 is 11.6 Å². The summed E-state index contributed by atoms with van der Waals surface area (Å²) in [6, 6.07) is 7.90. The minimum atomic E-state index is -0.825. The Morgan fingerprint density at radius 1 is 1.05 bits per heavy atom. The monoisotopic (exact) mass is 295 g/mol. The van der Waals surface area contributed by atoms with Gasteiger partial charge in [0.2, 0.25) is 0 Å². The molecule has 98 valence electrons. The second-order valence-electron chi connectivity index (χ2n) is 4.36. The van der Waals surface area contributed by atoms with E-state index in [0.717, 1.165) is 10.9 Å². The van der Waals surface area contributed by atoms with Crippen molar-refractivity contribution >= 4 is 32.1 Å². The van der Waals surface area contributed by atoms with Gasteiger partial charge < -0.3 is 5.73 Å². The maximum absolute atomic E-state index is 13.1. The highest BCUT2D eigenvalue weighted by Gasteiger charge is 2.13. The van der Waals surface area contributed by atoms with Crippen LogP contribution in [0.3, 0.4) is 0 Å². The average molecular weight is 295 g/mol.